The smallest absolute Gasteiger partial charge is 0.0702 e. The average Bonchev–Trinajstić information content (AvgIpc) is 3.25. The molecule has 0 unspecified atom stereocenters. The fraction of sp³-hybridized carbons (Fsp3) is 0.0392. The van der Waals surface area contributed by atoms with E-state index in [1.165, 1.54) is 50.1 Å². The Labute approximate surface area is 313 Å². The molecule has 53 heavy (non-hydrogen) atoms. The summed E-state index contributed by atoms with van der Waals surface area (Å²) in [4.78, 5) is 6.86. The average molecular weight is 681 g/mol. The van der Waals surface area contributed by atoms with Crippen molar-refractivity contribution < 1.29 is 0 Å². The third-order valence-electron chi connectivity index (χ3n) is 9.86. The molecule has 254 valence electrons. The monoisotopic (exact) mass is 680 g/mol. The molecule has 0 aliphatic carbocycles. The summed E-state index contributed by atoms with van der Waals surface area (Å²) in [6, 6.07) is 67.4. The van der Waals surface area contributed by atoms with Crippen LogP contribution in [0.2, 0.25) is 0 Å². The molecular formula is C51H40N2. The van der Waals surface area contributed by atoms with E-state index in [4.69, 9.17) is 0 Å². The van der Waals surface area contributed by atoms with Gasteiger partial charge in [-0.1, -0.05) is 135 Å². The van der Waals surface area contributed by atoms with Gasteiger partial charge in [0.15, 0.2) is 0 Å². The molecule has 0 fully saturated rings. The molecule has 1 aromatic heterocycles. The second-order valence-electron chi connectivity index (χ2n) is 13.2. The summed E-state index contributed by atoms with van der Waals surface area (Å²) in [5.74, 6) is 0. The van der Waals surface area contributed by atoms with Crippen molar-refractivity contribution in [2.24, 2.45) is 0 Å². The van der Waals surface area contributed by atoms with Gasteiger partial charge in [-0.05, 0) is 135 Å². The largest absolute Gasteiger partial charge is 0.311 e. The Bertz CT molecular complexity index is 2480. The lowest BCUT2D eigenvalue weighted by Crippen LogP contribution is -2.09. The van der Waals surface area contributed by atoms with Gasteiger partial charge in [-0.3, -0.25) is 4.98 Å². The maximum absolute atomic E-state index is 4.55. The van der Waals surface area contributed by atoms with Crippen LogP contribution < -0.4 is 4.90 Å². The van der Waals surface area contributed by atoms with Gasteiger partial charge < -0.3 is 4.90 Å². The van der Waals surface area contributed by atoms with Crippen molar-refractivity contribution in [2.75, 3.05) is 4.90 Å². The zero-order valence-corrected chi connectivity index (χ0v) is 29.9. The van der Waals surface area contributed by atoms with Gasteiger partial charge in [0.2, 0.25) is 0 Å². The summed E-state index contributed by atoms with van der Waals surface area (Å²) in [6.07, 6.45) is 4.74. The predicted molar refractivity (Wildman–Crippen MR) is 226 cm³/mol. The Morgan fingerprint density at radius 2 is 0.849 bits per heavy atom. The summed E-state index contributed by atoms with van der Waals surface area (Å²) in [5, 5.41) is 0. The van der Waals surface area contributed by atoms with Crippen LogP contribution in [0.1, 0.15) is 18.1 Å². The number of pyridine rings is 1. The second-order valence-corrected chi connectivity index (χ2v) is 13.2. The van der Waals surface area contributed by atoms with Crippen molar-refractivity contribution >= 4 is 23.1 Å². The van der Waals surface area contributed by atoms with Crippen molar-refractivity contribution in [1.29, 1.82) is 0 Å². The maximum atomic E-state index is 4.55. The molecule has 0 radical (unpaired) electrons. The van der Waals surface area contributed by atoms with Crippen LogP contribution >= 0.6 is 0 Å². The fourth-order valence-electron chi connectivity index (χ4n) is 6.92. The van der Waals surface area contributed by atoms with Crippen molar-refractivity contribution in [2.45, 2.75) is 13.3 Å². The van der Waals surface area contributed by atoms with E-state index in [9.17, 15) is 0 Å². The molecular weight excluding hydrogens is 641 g/mol. The molecule has 0 aliphatic rings. The molecule has 8 rings (SSSR count). The van der Waals surface area contributed by atoms with Gasteiger partial charge in [0, 0.05) is 28.8 Å². The Morgan fingerprint density at radius 3 is 1.28 bits per heavy atom. The van der Waals surface area contributed by atoms with E-state index >= 15 is 0 Å². The molecule has 2 nitrogen and oxygen atoms in total. The number of rotatable bonds is 10. The normalized spacial score (nSPS) is 10.9. The maximum Gasteiger partial charge on any atom is 0.0702 e. The molecule has 0 spiro atoms. The summed E-state index contributed by atoms with van der Waals surface area (Å²) in [5.41, 5.74) is 17.3. The molecule has 0 atom stereocenters. The summed E-state index contributed by atoms with van der Waals surface area (Å²) < 4.78 is 0. The van der Waals surface area contributed by atoms with Crippen molar-refractivity contribution in [3.8, 4) is 55.8 Å². The molecule has 0 amide bonds. The van der Waals surface area contributed by atoms with E-state index in [-0.39, 0.29) is 0 Å². The zero-order chi connectivity index (χ0) is 36.0. The van der Waals surface area contributed by atoms with E-state index in [2.05, 4.69) is 199 Å². The number of hydrogen-bond donors (Lipinski definition) is 0. The minimum atomic E-state index is 0.978. The summed E-state index contributed by atoms with van der Waals surface area (Å²) >= 11 is 0. The Morgan fingerprint density at radius 1 is 0.434 bits per heavy atom. The number of aromatic nitrogens is 1. The first-order valence-electron chi connectivity index (χ1n) is 18.2. The van der Waals surface area contributed by atoms with E-state index in [1.54, 1.807) is 0 Å². The lowest BCUT2D eigenvalue weighted by Gasteiger charge is -2.26. The third kappa shape index (κ3) is 7.35. The number of hydrogen-bond acceptors (Lipinski definition) is 2. The van der Waals surface area contributed by atoms with Crippen LogP contribution in [-0.4, -0.2) is 4.98 Å². The van der Waals surface area contributed by atoms with Crippen LogP contribution in [0.15, 0.2) is 201 Å². The first-order valence-corrected chi connectivity index (χ1v) is 18.2. The molecule has 0 bridgehead atoms. The highest BCUT2D eigenvalue weighted by Crippen LogP contribution is 2.37. The fourth-order valence-corrected chi connectivity index (χ4v) is 6.92. The Kier molecular flexibility index (Phi) is 9.59. The summed E-state index contributed by atoms with van der Waals surface area (Å²) in [7, 11) is 0. The minimum absolute atomic E-state index is 0.978. The topological polar surface area (TPSA) is 16.1 Å². The van der Waals surface area contributed by atoms with E-state index in [0.717, 1.165) is 40.3 Å². The summed E-state index contributed by atoms with van der Waals surface area (Å²) in [6.45, 7) is 6.12. The lowest BCUT2D eigenvalue weighted by atomic mass is 9.94. The Balaban J connectivity index is 1.07. The van der Waals surface area contributed by atoms with Gasteiger partial charge in [0.05, 0.1) is 5.69 Å². The predicted octanol–water partition coefficient (Wildman–Crippen LogP) is 14.1. The van der Waals surface area contributed by atoms with Crippen LogP contribution in [0.4, 0.5) is 17.1 Å². The van der Waals surface area contributed by atoms with Crippen LogP contribution in [0.5, 0.6) is 0 Å². The van der Waals surface area contributed by atoms with Crippen LogP contribution in [0, 0.1) is 0 Å². The molecule has 1 heterocycles. The standard InChI is InChI=1S/C51H40N2/c1-3-37-20-26-48(27-21-37)53(49-28-22-38(4-2)23-29-49)50-30-24-39(25-31-50)40-11-7-12-41(33-40)42-13-8-14-43(34-42)44-15-9-16-45(35-44)46-17-10-18-47(36-46)51-19-5-6-32-52-51/h3,5-36H,1,4H2,2H3. The molecule has 7 aromatic carbocycles. The molecule has 0 saturated carbocycles. The van der Waals surface area contributed by atoms with Crippen LogP contribution in [0.3, 0.4) is 0 Å². The van der Waals surface area contributed by atoms with Gasteiger partial charge in [-0.15, -0.1) is 0 Å². The van der Waals surface area contributed by atoms with E-state index in [1.807, 2.05) is 24.4 Å². The van der Waals surface area contributed by atoms with Gasteiger partial charge in [-0.2, -0.15) is 0 Å². The molecule has 8 aromatic rings. The van der Waals surface area contributed by atoms with Crippen molar-refractivity contribution in [1.82, 2.24) is 4.98 Å². The van der Waals surface area contributed by atoms with Gasteiger partial charge in [-0.25, -0.2) is 0 Å². The highest BCUT2D eigenvalue weighted by atomic mass is 15.1. The lowest BCUT2D eigenvalue weighted by molar-refractivity contribution is 1.14. The minimum Gasteiger partial charge on any atom is -0.311 e. The molecule has 0 saturated heterocycles. The first-order chi connectivity index (χ1) is 26.1. The SMILES string of the molecule is C=Cc1ccc(N(c2ccc(CC)cc2)c2ccc(-c3cccc(-c4cccc(-c5cccc(-c6cccc(-c7ccccn7)c6)c5)c4)c3)cc2)cc1. The van der Waals surface area contributed by atoms with Gasteiger partial charge >= 0.3 is 0 Å². The molecule has 2 heteroatoms. The van der Waals surface area contributed by atoms with Crippen LogP contribution in [0.25, 0.3) is 61.8 Å². The van der Waals surface area contributed by atoms with Crippen molar-refractivity contribution in [3.05, 3.63) is 212 Å². The number of aryl methyl sites for hydroxylation is 1. The highest BCUT2D eigenvalue weighted by Gasteiger charge is 2.14. The third-order valence-corrected chi connectivity index (χ3v) is 9.86. The second kappa shape index (κ2) is 15.2. The van der Waals surface area contributed by atoms with Gasteiger partial charge in [0.1, 0.15) is 0 Å². The highest BCUT2D eigenvalue weighted by molar-refractivity contribution is 5.82. The van der Waals surface area contributed by atoms with Crippen molar-refractivity contribution in [3.63, 3.8) is 0 Å². The number of anilines is 3. The molecule has 0 N–H and O–H groups in total. The quantitative estimate of drug-likeness (QED) is 0.143. The van der Waals surface area contributed by atoms with E-state index < -0.39 is 0 Å². The zero-order valence-electron chi connectivity index (χ0n) is 29.9. The van der Waals surface area contributed by atoms with Gasteiger partial charge in [0.25, 0.3) is 0 Å². The van der Waals surface area contributed by atoms with Crippen LogP contribution in [-0.2, 0) is 6.42 Å². The first kappa shape index (κ1) is 33.4. The number of nitrogens with zero attached hydrogens (tertiary/aromatic N) is 2. The molecule has 0 aliphatic heterocycles. The number of benzene rings is 7. The Hall–Kier alpha value is -6.77. The van der Waals surface area contributed by atoms with E-state index in [0.29, 0.717) is 0 Å².